The molecule has 1 saturated heterocycles. The number of rotatable bonds is 9. The van der Waals surface area contributed by atoms with E-state index in [1.165, 1.54) is 5.56 Å². The van der Waals surface area contributed by atoms with Crippen LogP contribution in [0.25, 0.3) is 16.3 Å². The van der Waals surface area contributed by atoms with Crippen LogP contribution in [0.3, 0.4) is 0 Å². The van der Waals surface area contributed by atoms with Crippen molar-refractivity contribution in [1.82, 2.24) is 9.88 Å². The molecule has 8 heteroatoms. The Hall–Kier alpha value is -2.94. The van der Waals surface area contributed by atoms with Crippen molar-refractivity contribution in [2.75, 3.05) is 58.5 Å². The highest BCUT2D eigenvalue weighted by Gasteiger charge is 2.20. The van der Waals surface area contributed by atoms with Crippen molar-refractivity contribution in [2.24, 2.45) is 0 Å². The van der Waals surface area contributed by atoms with Crippen molar-refractivity contribution in [3.63, 3.8) is 0 Å². The number of methoxy groups -OCH3 is 2. The molecule has 186 valence electrons. The molecule has 2 heterocycles. The minimum absolute atomic E-state index is 0.0869. The Morgan fingerprint density at radius 1 is 1.11 bits per heavy atom. The molecular formula is C27H33N3O4S. The third kappa shape index (κ3) is 6.01. The first-order valence-electron chi connectivity index (χ1n) is 11.9. The molecule has 35 heavy (non-hydrogen) atoms. The van der Waals surface area contributed by atoms with Gasteiger partial charge in [-0.3, -0.25) is 14.6 Å². The standard InChI is InChI=1S/C27H33N3O4S/c1-19-6-7-20(2)26-25(19)28-27(35-26)30(13-5-12-29-14-16-34-17-15-29)24(31)11-9-21-8-10-22(32-3)23(18-21)33-4/h6-11,18H,5,12-17H2,1-4H3/b11-9+. The van der Waals surface area contributed by atoms with Crippen LogP contribution in [0.5, 0.6) is 11.5 Å². The van der Waals surface area contributed by atoms with Crippen LogP contribution in [-0.2, 0) is 9.53 Å². The lowest BCUT2D eigenvalue weighted by Crippen LogP contribution is -2.39. The largest absolute Gasteiger partial charge is 0.493 e. The molecule has 0 bridgehead atoms. The first-order valence-corrected chi connectivity index (χ1v) is 12.7. The Morgan fingerprint density at radius 2 is 1.86 bits per heavy atom. The van der Waals surface area contributed by atoms with Crippen molar-refractivity contribution in [1.29, 1.82) is 0 Å². The predicted octanol–water partition coefficient (Wildman–Crippen LogP) is 4.70. The molecule has 0 atom stereocenters. The number of nitrogens with zero attached hydrogens (tertiary/aromatic N) is 3. The van der Waals surface area contributed by atoms with Gasteiger partial charge in [-0.1, -0.05) is 29.5 Å². The quantitative estimate of drug-likeness (QED) is 0.401. The van der Waals surface area contributed by atoms with Gasteiger partial charge in [0.15, 0.2) is 16.6 Å². The van der Waals surface area contributed by atoms with Gasteiger partial charge in [0.25, 0.3) is 5.91 Å². The van der Waals surface area contributed by atoms with Crippen LogP contribution < -0.4 is 14.4 Å². The van der Waals surface area contributed by atoms with Gasteiger partial charge in [0.2, 0.25) is 0 Å². The van der Waals surface area contributed by atoms with Gasteiger partial charge in [0, 0.05) is 32.3 Å². The minimum atomic E-state index is -0.0869. The molecule has 0 radical (unpaired) electrons. The number of amides is 1. The summed E-state index contributed by atoms with van der Waals surface area (Å²) in [6.45, 7) is 9.09. The highest BCUT2D eigenvalue weighted by Crippen LogP contribution is 2.33. The highest BCUT2D eigenvalue weighted by molar-refractivity contribution is 7.22. The molecule has 1 aliphatic heterocycles. The molecule has 1 fully saturated rings. The number of anilines is 1. The summed E-state index contributed by atoms with van der Waals surface area (Å²) in [5, 5.41) is 0.737. The molecule has 4 rings (SSSR count). The zero-order valence-electron chi connectivity index (χ0n) is 20.9. The zero-order chi connectivity index (χ0) is 24.8. The van der Waals surface area contributed by atoms with Crippen LogP contribution in [0.4, 0.5) is 5.13 Å². The van der Waals surface area contributed by atoms with E-state index in [4.69, 9.17) is 19.2 Å². The van der Waals surface area contributed by atoms with E-state index in [2.05, 4.69) is 30.9 Å². The van der Waals surface area contributed by atoms with Gasteiger partial charge in [-0.05, 0) is 55.2 Å². The molecule has 2 aromatic carbocycles. The SMILES string of the molecule is COc1ccc(/C=C/C(=O)N(CCCN2CCOCC2)c2nc3c(C)ccc(C)c3s2)cc1OC. The molecule has 1 aliphatic rings. The van der Waals surface area contributed by atoms with E-state index in [9.17, 15) is 4.79 Å². The molecule has 1 amide bonds. The molecule has 0 aliphatic carbocycles. The van der Waals surface area contributed by atoms with E-state index >= 15 is 0 Å². The summed E-state index contributed by atoms with van der Waals surface area (Å²) in [5.41, 5.74) is 4.13. The second kappa shape index (κ2) is 11.7. The van der Waals surface area contributed by atoms with Crippen molar-refractivity contribution in [3.05, 3.63) is 53.1 Å². The van der Waals surface area contributed by atoms with Gasteiger partial charge in [-0.25, -0.2) is 4.98 Å². The molecule has 0 saturated carbocycles. The number of hydrogen-bond acceptors (Lipinski definition) is 7. The summed E-state index contributed by atoms with van der Waals surface area (Å²) >= 11 is 1.58. The first-order chi connectivity index (χ1) is 17.0. The maximum Gasteiger partial charge on any atom is 0.252 e. The number of morpholine rings is 1. The van der Waals surface area contributed by atoms with Crippen molar-refractivity contribution < 1.29 is 19.0 Å². The number of aromatic nitrogens is 1. The van der Waals surface area contributed by atoms with Gasteiger partial charge in [0.1, 0.15) is 0 Å². The van der Waals surface area contributed by atoms with Gasteiger partial charge >= 0.3 is 0 Å². The van der Waals surface area contributed by atoms with Crippen LogP contribution >= 0.6 is 11.3 Å². The van der Waals surface area contributed by atoms with E-state index in [-0.39, 0.29) is 5.91 Å². The lowest BCUT2D eigenvalue weighted by molar-refractivity contribution is -0.114. The second-order valence-electron chi connectivity index (χ2n) is 8.62. The summed E-state index contributed by atoms with van der Waals surface area (Å²) in [7, 11) is 3.21. The maximum absolute atomic E-state index is 13.4. The molecule has 3 aromatic rings. The minimum Gasteiger partial charge on any atom is -0.493 e. The second-order valence-corrected chi connectivity index (χ2v) is 9.60. The number of aryl methyl sites for hydroxylation is 2. The molecule has 0 spiro atoms. The van der Waals surface area contributed by atoms with Gasteiger partial charge in [-0.2, -0.15) is 0 Å². The Bertz CT molecular complexity index is 1160. The normalized spacial score (nSPS) is 14.5. The molecule has 7 nitrogen and oxygen atoms in total. The summed E-state index contributed by atoms with van der Waals surface area (Å²) in [6.07, 6.45) is 4.29. The summed E-state index contributed by atoms with van der Waals surface area (Å²) in [4.78, 5) is 22.5. The average Bonchev–Trinajstić information content (AvgIpc) is 3.34. The third-order valence-corrected chi connectivity index (χ3v) is 7.43. The Morgan fingerprint density at radius 3 is 2.57 bits per heavy atom. The topological polar surface area (TPSA) is 64.1 Å². The van der Waals surface area contributed by atoms with Crippen LogP contribution in [0.15, 0.2) is 36.4 Å². The third-order valence-electron chi connectivity index (χ3n) is 6.21. The average molecular weight is 496 g/mol. The summed E-state index contributed by atoms with van der Waals surface area (Å²) in [5.74, 6) is 1.19. The Labute approximate surface area is 210 Å². The number of fused-ring (bicyclic) bond motifs is 1. The highest BCUT2D eigenvalue weighted by atomic mass is 32.1. The van der Waals surface area contributed by atoms with Crippen LogP contribution in [0, 0.1) is 13.8 Å². The fraction of sp³-hybridized carbons (Fsp3) is 0.407. The van der Waals surface area contributed by atoms with E-state index in [1.807, 2.05) is 24.3 Å². The van der Waals surface area contributed by atoms with E-state index in [0.29, 0.717) is 18.0 Å². The summed E-state index contributed by atoms with van der Waals surface area (Å²) < 4.78 is 17.3. The van der Waals surface area contributed by atoms with Crippen molar-refractivity contribution >= 4 is 38.7 Å². The van der Waals surface area contributed by atoms with Gasteiger partial charge in [0.05, 0.1) is 37.6 Å². The maximum atomic E-state index is 13.4. The summed E-state index contributed by atoms with van der Waals surface area (Å²) in [6, 6.07) is 9.79. The molecule has 0 N–H and O–H groups in total. The van der Waals surface area contributed by atoms with Crippen molar-refractivity contribution in [2.45, 2.75) is 20.3 Å². The first kappa shape index (κ1) is 25.2. The van der Waals surface area contributed by atoms with E-state index < -0.39 is 0 Å². The smallest absolute Gasteiger partial charge is 0.252 e. The number of carbonyl (C=O) groups excluding carboxylic acids is 1. The van der Waals surface area contributed by atoms with Crippen LogP contribution in [0.2, 0.25) is 0 Å². The van der Waals surface area contributed by atoms with Crippen LogP contribution in [0.1, 0.15) is 23.1 Å². The Kier molecular flexibility index (Phi) is 8.38. The monoisotopic (exact) mass is 495 g/mol. The lowest BCUT2D eigenvalue weighted by atomic mass is 10.1. The number of thiazole rings is 1. The number of ether oxygens (including phenoxy) is 3. The van der Waals surface area contributed by atoms with Crippen molar-refractivity contribution in [3.8, 4) is 11.5 Å². The number of carbonyl (C=O) groups is 1. The molecular weight excluding hydrogens is 462 g/mol. The van der Waals surface area contributed by atoms with E-state index in [1.54, 1.807) is 36.5 Å². The lowest BCUT2D eigenvalue weighted by Gasteiger charge is -2.27. The fourth-order valence-corrected chi connectivity index (χ4v) is 5.30. The van der Waals surface area contributed by atoms with Gasteiger partial charge in [-0.15, -0.1) is 0 Å². The molecule has 0 unspecified atom stereocenters. The van der Waals surface area contributed by atoms with Crippen LogP contribution in [-0.4, -0.2) is 69.4 Å². The number of hydrogen-bond donors (Lipinski definition) is 0. The van der Waals surface area contributed by atoms with Gasteiger partial charge < -0.3 is 14.2 Å². The zero-order valence-corrected chi connectivity index (χ0v) is 21.7. The number of benzene rings is 2. The fourth-order valence-electron chi connectivity index (χ4n) is 4.15. The Balaban J connectivity index is 1.57. The van der Waals surface area contributed by atoms with E-state index in [0.717, 1.165) is 65.7 Å². The predicted molar refractivity (Wildman–Crippen MR) is 142 cm³/mol. The molecule has 1 aromatic heterocycles.